The third-order valence-electron chi connectivity index (χ3n) is 8.28. The van der Waals surface area contributed by atoms with Crippen molar-refractivity contribution >= 4 is 11.8 Å². The van der Waals surface area contributed by atoms with Crippen molar-refractivity contribution in [2.75, 3.05) is 26.2 Å². The number of piperidine rings is 2. The molecule has 0 spiro atoms. The van der Waals surface area contributed by atoms with Gasteiger partial charge in [-0.05, 0) is 105 Å². The van der Waals surface area contributed by atoms with Crippen molar-refractivity contribution in [1.82, 2.24) is 9.80 Å². The van der Waals surface area contributed by atoms with E-state index in [1.165, 1.54) is 6.07 Å². The lowest BCUT2D eigenvalue weighted by Gasteiger charge is -2.36. The number of hydrogen-bond donors (Lipinski definition) is 1. The van der Waals surface area contributed by atoms with Crippen molar-refractivity contribution in [2.24, 2.45) is 0 Å². The lowest BCUT2D eigenvalue weighted by Crippen LogP contribution is -2.51. The molecule has 5 rings (SSSR count). The van der Waals surface area contributed by atoms with E-state index in [1.54, 1.807) is 37.8 Å². The third kappa shape index (κ3) is 6.62. The van der Waals surface area contributed by atoms with E-state index in [4.69, 9.17) is 4.74 Å². The summed E-state index contributed by atoms with van der Waals surface area (Å²) in [5.74, 6) is 0.446. The minimum atomic E-state index is -1.04. The molecule has 2 aliphatic rings. The predicted molar refractivity (Wildman–Crippen MR) is 157 cm³/mol. The maximum atomic E-state index is 13.8. The smallest absolute Gasteiger partial charge is 0.266 e. The van der Waals surface area contributed by atoms with E-state index >= 15 is 0 Å². The highest BCUT2D eigenvalue weighted by Crippen LogP contribution is 2.32. The first-order valence-electron chi connectivity index (χ1n) is 14.5. The van der Waals surface area contributed by atoms with Crippen LogP contribution in [0.2, 0.25) is 0 Å². The van der Waals surface area contributed by atoms with Gasteiger partial charge in [0.1, 0.15) is 11.6 Å². The number of likely N-dealkylation sites (tertiary alicyclic amines) is 2. The first kappa shape index (κ1) is 28.8. The second-order valence-corrected chi connectivity index (χ2v) is 11.8. The van der Waals surface area contributed by atoms with Crippen molar-refractivity contribution in [3.8, 4) is 16.9 Å². The van der Waals surface area contributed by atoms with Crippen LogP contribution >= 0.6 is 0 Å². The lowest BCUT2D eigenvalue weighted by atomic mass is 9.90. The van der Waals surface area contributed by atoms with Crippen LogP contribution in [0.25, 0.3) is 11.1 Å². The summed E-state index contributed by atoms with van der Waals surface area (Å²) in [6.45, 7) is 7.67. The fraction of sp³-hybridized carbons (Fsp3) is 0.412. The highest BCUT2D eigenvalue weighted by Gasteiger charge is 2.36. The zero-order valence-electron chi connectivity index (χ0n) is 24.1. The number of nitrogens with zero attached hydrogens (tertiary/aromatic N) is 2. The van der Waals surface area contributed by atoms with Gasteiger partial charge >= 0.3 is 0 Å². The molecule has 1 atom stereocenters. The molecule has 2 amide bonds. The van der Waals surface area contributed by atoms with E-state index < -0.39 is 5.60 Å². The topological polar surface area (TPSA) is 70.1 Å². The third-order valence-corrected chi connectivity index (χ3v) is 8.28. The second kappa shape index (κ2) is 12.0. The Labute approximate surface area is 241 Å². The van der Waals surface area contributed by atoms with Crippen molar-refractivity contribution in [1.29, 1.82) is 0 Å². The number of aliphatic hydroxyl groups excluding tert-OH is 1. The quantitative estimate of drug-likeness (QED) is 0.405. The maximum absolute atomic E-state index is 13.8. The van der Waals surface area contributed by atoms with Crippen LogP contribution in [0.4, 0.5) is 4.39 Å². The average Bonchev–Trinajstić information content (AvgIpc) is 2.98. The van der Waals surface area contributed by atoms with Crippen LogP contribution in [0, 0.1) is 12.7 Å². The van der Waals surface area contributed by atoms with E-state index in [9.17, 15) is 19.1 Å². The molecule has 2 heterocycles. The van der Waals surface area contributed by atoms with Crippen molar-refractivity contribution in [2.45, 2.75) is 64.1 Å². The summed E-state index contributed by atoms with van der Waals surface area (Å²) in [5.41, 5.74) is 3.00. The molecule has 216 valence electrons. The molecular weight excluding hydrogens is 519 g/mol. The molecule has 0 aromatic heterocycles. The number of amides is 2. The van der Waals surface area contributed by atoms with Gasteiger partial charge in [0.05, 0.1) is 6.10 Å². The summed E-state index contributed by atoms with van der Waals surface area (Å²) < 4.78 is 20.0. The van der Waals surface area contributed by atoms with Crippen LogP contribution in [-0.2, 0) is 4.79 Å². The predicted octanol–water partition coefficient (Wildman–Crippen LogP) is 5.96. The Morgan fingerprint density at radius 3 is 2.39 bits per heavy atom. The molecule has 7 heteroatoms. The van der Waals surface area contributed by atoms with Gasteiger partial charge in [-0.2, -0.15) is 0 Å². The minimum Gasteiger partial charge on any atom is -0.478 e. The number of halogens is 1. The fourth-order valence-corrected chi connectivity index (χ4v) is 5.89. The van der Waals surface area contributed by atoms with Crippen LogP contribution in [0.1, 0.15) is 66.9 Å². The Morgan fingerprint density at radius 1 is 0.902 bits per heavy atom. The molecule has 3 aromatic rings. The standard InChI is InChI=1S/C34H39FN2O4/c1-23-19-26(12-13-31(23)35)24-7-4-9-27(20-24)32(39)37-16-6-10-28(22-37)25-8-5-11-30(21-25)41-34(2,3)33(40)36-17-14-29(38)15-18-36/h4-5,7-9,11-13,19-21,28-29,38H,6,10,14-18,22H2,1-3H3. The fourth-order valence-electron chi connectivity index (χ4n) is 5.89. The minimum absolute atomic E-state index is 0.0128. The molecule has 0 bridgehead atoms. The molecule has 1 N–H and O–H groups in total. The van der Waals surface area contributed by atoms with Crippen LogP contribution in [0.5, 0.6) is 5.75 Å². The van der Waals surface area contributed by atoms with E-state index in [-0.39, 0.29) is 29.7 Å². The SMILES string of the molecule is Cc1cc(-c2cccc(C(=O)N3CCCC(c4cccc(OC(C)(C)C(=O)N5CCC(O)CC5)c4)C3)c2)ccc1F. The highest BCUT2D eigenvalue weighted by atomic mass is 19.1. The molecule has 0 radical (unpaired) electrons. The van der Waals surface area contributed by atoms with Gasteiger partial charge in [0.15, 0.2) is 5.60 Å². The lowest BCUT2D eigenvalue weighted by molar-refractivity contribution is -0.147. The molecule has 2 saturated heterocycles. The molecule has 41 heavy (non-hydrogen) atoms. The second-order valence-electron chi connectivity index (χ2n) is 11.8. The van der Waals surface area contributed by atoms with E-state index in [0.717, 1.165) is 29.5 Å². The Morgan fingerprint density at radius 2 is 1.63 bits per heavy atom. The zero-order valence-corrected chi connectivity index (χ0v) is 24.1. The first-order chi connectivity index (χ1) is 19.6. The molecule has 0 aliphatic carbocycles. The van der Waals surface area contributed by atoms with Gasteiger partial charge in [-0.3, -0.25) is 9.59 Å². The number of carbonyl (C=O) groups is 2. The largest absolute Gasteiger partial charge is 0.478 e. The molecule has 0 saturated carbocycles. The summed E-state index contributed by atoms with van der Waals surface area (Å²) in [5, 5.41) is 9.79. The van der Waals surface area contributed by atoms with Gasteiger partial charge in [0.25, 0.3) is 11.8 Å². The summed E-state index contributed by atoms with van der Waals surface area (Å²) in [6.07, 6.45) is 2.68. The molecule has 3 aromatic carbocycles. The van der Waals surface area contributed by atoms with Gasteiger partial charge in [-0.15, -0.1) is 0 Å². The first-order valence-corrected chi connectivity index (χ1v) is 14.5. The Hall–Kier alpha value is -3.71. The van der Waals surface area contributed by atoms with E-state index in [2.05, 4.69) is 6.07 Å². The monoisotopic (exact) mass is 558 g/mol. The number of ether oxygens (including phenoxy) is 1. The van der Waals surface area contributed by atoms with Crippen LogP contribution in [0.3, 0.4) is 0 Å². The molecule has 6 nitrogen and oxygen atoms in total. The van der Waals surface area contributed by atoms with E-state index in [1.807, 2.05) is 47.4 Å². The number of aryl methyl sites for hydroxylation is 1. The molecular formula is C34H39FN2O4. The number of aliphatic hydroxyl groups is 1. The summed E-state index contributed by atoms with van der Waals surface area (Å²) in [6, 6.07) is 20.4. The Bertz CT molecular complexity index is 1410. The Balaban J connectivity index is 1.27. The van der Waals surface area contributed by atoms with Crippen LogP contribution in [-0.4, -0.2) is 64.6 Å². The van der Waals surface area contributed by atoms with Gasteiger partial charge in [-0.1, -0.05) is 30.3 Å². The normalized spacial score (nSPS) is 18.3. The van der Waals surface area contributed by atoms with Gasteiger partial charge in [0.2, 0.25) is 0 Å². The maximum Gasteiger partial charge on any atom is 0.266 e. The van der Waals surface area contributed by atoms with Crippen molar-refractivity contribution < 1.29 is 23.8 Å². The van der Waals surface area contributed by atoms with Crippen LogP contribution in [0.15, 0.2) is 66.7 Å². The summed E-state index contributed by atoms with van der Waals surface area (Å²) in [4.78, 5) is 30.4. The highest BCUT2D eigenvalue weighted by molar-refractivity contribution is 5.95. The summed E-state index contributed by atoms with van der Waals surface area (Å²) in [7, 11) is 0. The number of carbonyl (C=O) groups excluding carboxylic acids is 2. The average molecular weight is 559 g/mol. The number of benzene rings is 3. The van der Waals surface area contributed by atoms with Crippen molar-refractivity contribution in [3.63, 3.8) is 0 Å². The van der Waals surface area contributed by atoms with Gasteiger partial charge < -0.3 is 19.6 Å². The Kier molecular flexibility index (Phi) is 8.45. The van der Waals surface area contributed by atoms with E-state index in [0.29, 0.717) is 55.9 Å². The number of rotatable bonds is 6. The van der Waals surface area contributed by atoms with Gasteiger partial charge in [0, 0.05) is 37.7 Å². The molecule has 1 unspecified atom stereocenters. The van der Waals surface area contributed by atoms with Crippen molar-refractivity contribution in [3.05, 3.63) is 89.2 Å². The van der Waals surface area contributed by atoms with Gasteiger partial charge in [-0.25, -0.2) is 4.39 Å². The summed E-state index contributed by atoms with van der Waals surface area (Å²) >= 11 is 0. The zero-order chi connectivity index (χ0) is 29.1. The molecule has 2 fully saturated rings. The van der Waals surface area contributed by atoms with Crippen LogP contribution < -0.4 is 4.74 Å². The molecule has 2 aliphatic heterocycles. The number of hydrogen-bond acceptors (Lipinski definition) is 4.